The summed E-state index contributed by atoms with van der Waals surface area (Å²) < 4.78 is 0. The number of hydrogen-bond acceptors (Lipinski definition) is 3. The van der Waals surface area contributed by atoms with E-state index in [1.165, 1.54) is 0 Å². The minimum absolute atomic E-state index is 0.0807. The summed E-state index contributed by atoms with van der Waals surface area (Å²) in [4.78, 5) is 20.9. The summed E-state index contributed by atoms with van der Waals surface area (Å²) in [6, 6.07) is 0. The first-order chi connectivity index (χ1) is 6.84. The van der Waals surface area contributed by atoms with E-state index in [2.05, 4.69) is 0 Å². The summed E-state index contributed by atoms with van der Waals surface area (Å²) in [5.41, 5.74) is -0.617. The molecule has 1 aliphatic carbocycles. The lowest BCUT2D eigenvalue weighted by Crippen LogP contribution is -2.30. The van der Waals surface area contributed by atoms with Gasteiger partial charge in [-0.15, -0.1) is 0 Å². The van der Waals surface area contributed by atoms with E-state index < -0.39 is 11.4 Å². The van der Waals surface area contributed by atoms with E-state index in [4.69, 9.17) is 5.11 Å². The number of carboxylic acids is 1. The molecule has 0 spiro atoms. The van der Waals surface area contributed by atoms with Gasteiger partial charge in [0.05, 0.1) is 6.42 Å². The second-order valence-corrected chi connectivity index (χ2v) is 4.92. The third-order valence-electron chi connectivity index (χ3n) is 3.47. The lowest BCUT2D eigenvalue weighted by Gasteiger charge is -2.22. The first-order valence-corrected chi connectivity index (χ1v) is 5.18. The van der Waals surface area contributed by atoms with Gasteiger partial charge in [0, 0.05) is 10.3 Å². The van der Waals surface area contributed by atoms with Gasteiger partial charge in [0.1, 0.15) is 0 Å². The van der Waals surface area contributed by atoms with Gasteiger partial charge in [0.25, 0.3) is 0 Å². The summed E-state index contributed by atoms with van der Waals surface area (Å²) in [6.07, 6.45) is 1.23. The fourth-order valence-corrected chi connectivity index (χ4v) is 2.78. The summed E-state index contributed by atoms with van der Waals surface area (Å²) >= 11 is 0. The van der Waals surface area contributed by atoms with Crippen LogP contribution in [0.1, 0.15) is 33.1 Å². The maximum absolute atomic E-state index is 10.7. The van der Waals surface area contributed by atoms with Gasteiger partial charge in [0.15, 0.2) is 0 Å². The van der Waals surface area contributed by atoms with Crippen LogP contribution in [0.15, 0.2) is 0 Å². The zero-order chi connectivity index (χ0) is 11.6. The quantitative estimate of drug-likeness (QED) is 0.572. The molecular formula is C10H17NO4. The average molecular weight is 215 g/mol. The molecule has 5 heteroatoms. The highest BCUT2D eigenvalue weighted by Gasteiger charge is 2.46. The van der Waals surface area contributed by atoms with E-state index in [0.717, 1.165) is 0 Å². The molecular weight excluding hydrogens is 198 g/mol. The molecule has 2 unspecified atom stereocenters. The van der Waals surface area contributed by atoms with Crippen molar-refractivity contribution < 1.29 is 14.8 Å². The van der Waals surface area contributed by atoms with Crippen LogP contribution in [0.4, 0.5) is 0 Å². The summed E-state index contributed by atoms with van der Waals surface area (Å²) in [6.45, 7) is 3.86. The lowest BCUT2D eigenvalue weighted by atomic mass is 9.81. The average Bonchev–Trinajstić information content (AvgIpc) is 2.23. The molecule has 0 aromatic carbocycles. The molecule has 0 radical (unpaired) electrons. The topological polar surface area (TPSA) is 80.4 Å². The number of carboxylic acid groups (broad SMARTS) is 1. The van der Waals surface area contributed by atoms with Crippen LogP contribution < -0.4 is 0 Å². The van der Waals surface area contributed by atoms with Gasteiger partial charge in [-0.3, -0.25) is 14.9 Å². The van der Waals surface area contributed by atoms with Gasteiger partial charge in [-0.1, -0.05) is 13.8 Å². The fourth-order valence-electron chi connectivity index (χ4n) is 2.78. The molecule has 0 aliphatic heterocycles. The van der Waals surface area contributed by atoms with Crippen molar-refractivity contribution in [3.8, 4) is 0 Å². The minimum Gasteiger partial charge on any atom is -0.481 e. The molecule has 1 saturated carbocycles. The normalized spacial score (nSPS) is 35.3. The van der Waals surface area contributed by atoms with Crippen LogP contribution in [0.5, 0.6) is 0 Å². The Kier molecular flexibility index (Phi) is 3.31. The second kappa shape index (κ2) is 4.16. The molecule has 86 valence electrons. The predicted octanol–water partition coefficient (Wildman–Crippen LogP) is 1.79. The summed E-state index contributed by atoms with van der Waals surface area (Å²) in [5, 5.41) is 19.4. The van der Waals surface area contributed by atoms with Crippen molar-refractivity contribution in [3.63, 3.8) is 0 Å². The number of nitrogens with zero attached hydrogens (tertiary/aromatic N) is 1. The molecule has 0 saturated heterocycles. The fraction of sp³-hybridized carbons (Fsp3) is 0.900. The molecule has 1 aliphatic rings. The van der Waals surface area contributed by atoms with Crippen molar-refractivity contribution in [3.05, 3.63) is 10.1 Å². The maximum atomic E-state index is 10.7. The molecule has 0 aromatic rings. The lowest BCUT2D eigenvalue weighted by molar-refractivity contribution is -0.497. The second-order valence-electron chi connectivity index (χ2n) is 4.92. The zero-order valence-electron chi connectivity index (χ0n) is 9.10. The van der Waals surface area contributed by atoms with E-state index in [1.807, 2.05) is 13.8 Å². The SMILES string of the molecule is CC1CC(CC(=O)O)(C[N+](=O)[O-])CC1C. The summed E-state index contributed by atoms with van der Waals surface area (Å²) in [7, 11) is 0. The standard InChI is InChI=1S/C10H17NO4/c1-7-3-10(4-8(7)2,5-9(12)13)6-11(14)15/h7-8H,3-6H2,1-2H3,(H,12,13). The van der Waals surface area contributed by atoms with Crippen molar-refractivity contribution in [1.29, 1.82) is 0 Å². The Labute approximate surface area is 88.6 Å². The first kappa shape index (κ1) is 11.9. The highest BCUT2D eigenvalue weighted by Crippen LogP contribution is 2.47. The van der Waals surface area contributed by atoms with Crippen LogP contribution >= 0.6 is 0 Å². The molecule has 15 heavy (non-hydrogen) atoms. The first-order valence-electron chi connectivity index (χ1n) is 5.18. The smallest absolute Gasteiger partial charge is 0.304 e. The van der Waals surface area contributed by atoms with Crippen molar-refractivity contribution in [2.75, 3.05) is 6.54 Å². The van der Waals surface area contributed by atoms with E-state index in [9.17, 15) is 14.9 Å². The number of hydrogen-bond donors (Lipinski definition) is 1. The Balaban J connectivity index is 2.78. The molecule has 5 nitrogen and oxygen atoms in total. The van der Waals surface area contributed by atoms with Crippen LogP contribution in [0.3, 0.4) is 0 Å². The van der Waals surface area contributed by atoms with E-state index in [-0.39, 0.29) is 17.9 Å². The highest BCUT2D eigenvalue weighted by molar-refractivity contribution is 5.67. The van der Waals surface area contributed by atoms with Crippen LogP contribution in [0.25, 0.3) is 0 Å². The van der Waals surface area contributed by atoms with Crippen LogP contribution in [0, 0.1) is 27.4 Å². The molecule has 1 N–H and O–H groups in total. The van der Waals surface area contributed by atoms with Gasteiger partial charge >= 0.3 is 5.97 Å². The van der Waals surface area contributed by atoms with Gasteiger partial charge < -0.3 is 5.11 Å². The van der Waals surface area contributed by atoms with Crippen LogP contribution in [-0.2, 0) is 4.79 Å². The number of carbonyl (C=O) groups is 1. The van der Waals surface area contributed by atoms with Gasteiger partial charge in [0.2, 0.25) is 6.54 Å². The Morgan fingerprint density at radius 3 is 2.27 bits per heavy atom. The van der Waals surface area contributed by atoms with E-state index in [1.54, 1.807) is 0 Å². The molecule has 1 fully saturated rings. The van der Waals surface area contributed by atoms with Crippen molar-refractivity contribution in [2.45, 2.75) is 33.1 Å². The van der Waals surface area contributed by atoms with Gasteiger partial charge in [-0.05, 0) is 24.7 Å². The van der Waals surface area contributed by atoms with Crippen LogP contribution in [0.2, 0.25) is 0 Å². The Hall–Kier alpha value is -1.13. The summed E-state index contributed by atoms with van der Waals surface area (Å²) in [5.74, 6) is -0.174. The van der Waals surface area contributed by atoms with Crippen molar-refractivity contribution in [2.24, 2.45) is 17.3 Å². The Morgan fingerprint density at radius 1 is 1.47 bits per heavy atom. The zero-order valence-corrected chi connectivity index (χ0v) is 9.10. The molecule has 0 bridgehead atoms. The number of aliphatic carboxylic acids is 1. The molecule has 0 amide bonds. The number of nitro groups is 1. The van der Waals surface area contributed by atoms with Crippen molar-refractivity contribution >= 4 is 5.97 Å². The predicted molar refractivity (Wildman–Crippen MR) is 54.1 cm³/mol. The highest BCUT2D eigenvalue weighted by atomic mass is 16.6. The van der Waals surface area contributed by atoms with Crippen molar-refractivity contribution in [1.82, 2.24) is 0 Å². The van der Waals surface area contributed by atoms with Gasteiger partial charge in [-0.2, -0.15) is 0 Å². The van der Waals surface area contributed by atoms with Crippen LogP contribution in [-0.4, -0.2) is 22.5 Å². The van der Waals surface area contributed by atoms with E-state index >= 15 is 0 Å². The molecule has 1 rings (SSSR count). The monoisotopic (exact) mass is 215 g/mol. The Morgan fingerprint density at radius 2 is 1.93 bits per heavy atom. The third-order valence-corrected chi connectivity index (χ3v) is 3.47. The minimum atomic E-state index is -0.932. The maximum Gasteiger partial charge on any atom is 0.304 e. The Bertz CT molecular complexity index is 249. The largest absolute Gasteiger partial charge is 0.481 e. The van der Waals surface area contributed by atoms with E-state index in [0.29, 0.717) is 24.7 Å². The number of rotatable bonds is 4. The van der Waals surface area contributed by atoms with Gasteiger partial charge in [-0.25, -0.2) is 0 Å². The molecule has 0 heterocycles. The molecule has 0 aromatic heterocycles. The third kappa shape index (κ3) is 2.91. The molecule has 2 atom stereocenters.